The maximum absolute atomic E-state index is 13.4. The van der Waals surface area contributed by atoms with Gasteiger partial charge in [-0.05, 0) is 92.9 Å². The van der Waals surface area contributed by atoms with E-state index < -0.39 is 100 Å². The Hall–Kier alpha value is -4.96. The summed E-state index contributed by atoms with van der Waals surface area (Å²) in [6, 6.07) is 2.12. The number of aromatic nitrogens is 4. The lowest BCUT2D eigenvalue weighted by Gasteiger charge is -2.29. The number of hydrogen-bond donors (Lipinski definition) is 3. The standard InChI is InChI=1S/C40H57N7O13S/c1-21-15-22(2)28(24(16-21)56-36(51)45-23(35(50)60-38(6,7)8)13-14-27(49)57-37(3,4)5)39(9,10)17-26(48)46-61(52,53)54-18-25-30-31(59-40(11,12)58-30)34(55-25)47-20-44-29-32(41)42-19-43-33(29)47/h15-16,19-20,23,25,30-31,34H,13-14,17-18H2,1-12H3,(H,45,51)(H,46,48)(H2,41,42,43)/t23-,25+,30+,31+,34+/m0/s1. The van der Waals surface area contributed by atoms with Crippen LogP contribution in [0, 0.1) is 13.8 Å². The third-order valence-electron chi connectivity index (χ3n) is 9.38. The quantitative estimate of drug-likeness (QED) is 0.193. The molecule has 5 rings (SSSR count). The minimum atomic E-state index is -4.70. The second kappa shape index (κ2) is 17.4. The molecule has 21 heteroatoms. The van der Waals surface area contributed by atoms with Crippen molar-refractivity contribution in [2.75, 3.05) is 12.3 Å². The van der Waals surface area contributed by atoms with E-state index in [-0.39, 0.29) is 24.4 Å². The van der Waals surface area contributed by atoms with Crippen LogP contribution in [0.3, 0.4) is 0 Å². The fraction of sp³-hybridized carbons (Fsp3) is 0.625. The molecule has 2 aliphatic rings. The molecule has 0 spiro atoms. The Labute approximate surface area is 355 Å². The van der Waals surface area contributed by atoms with Crippen molar-refractivity contribution in [1.82, 2.24) is 29.6 Å². The second-order valence-corrected chi connectivity index (χ2v) is 19.6. The van der Waals surface area contributed by atoms with Gasteiger partial charge in [-0.25, -0.2) is 29.3 Å². The van der Waals surface area contributed by atoms with E-state index in [1.165, 1.54) is 12.7 Å². The monoisotopic (exact) mass is 875 g/mol. The lowest BCUT2D eigenvalue weighted by Crippen LogP contribution is -2.45. The molecular formula is C40H57N7O13S. The lowest BCUT2D eigenvalue weighted by atomic mass is 9.78. The highest BCUT2D eigenvalue weighted by atomic mass is 32.2. The van der Waals surface area contributed by atoms with Gasteiger partial charge in [0.15, 0.2) is 23.5 Å². The number of anilines is 1. The summed E-state index contributed by atoms with van der Waals surface area (Å²) in [5.74, 6) is -3.09. The van der Waals surface area contributed by atoms with Crippen LogP contribution in [0.25, 0.3) is 11.2 Å². The van der Waals surface area contributed by atoms with Gasteiger partial charge in [-0.2, -0.15) is 8.42 Å². The molecule has 61 heavy (non-hydrogen) atoms. The minimum absolute atomic E-state index is 0.0611. The van der Waals surface area contributed by atoms with Crippen LogP contribution < -0.4 is 20.5 Å². The number of nitrogen functional groups attached to an aromatic ring is 1. The van der Waals surface area contributed by atoms with E-state index in [9.17, 15) is 27.6 Å². The van der Waals surface area contributed by atoms with Gasteiger partial charge >= 0.3 is 28.3 Å². The Morgan fingerprint density at radius 3 is 2.26 bits per heavy atom. The number of benzene rings is 1. The highest BCUT2D eigenvalue weighted by Gasteiger charge is 2.56. The highest BCUT2D eigenvalue weighted by Crippen LogP contribution is 2.44. The molecule has 3 aromatic rings. The topological polar surface area (TPSA) is 261 Å². The SMILES string of the molecule is Cc1cc(C)c(C(C)(C)CC(=O)NS(=O)(=O)OC[C@H]2O[C@@H](n3cnc4c(N)ncnc43)[C@@H]3OC(C)(C)O[C@@H]32)c(OC(=O)N[C@@H](CCC(=O)OC(C)(C)C)C(=O)OC(C)(C)C)c1. The largest absolute Gasteiger partial charge is 0.460 e. The summed E-state index contributed by atoms with van der Waals surface area (Å²) >= 11 is 0. The molecule has 2 amide bonds. The summed E-state index contributed by atoms with van der Waals surface area (Å²) in [5, 5.41) is 2.51. The summed E-state index contributed by atoms with van der Waals surface area (Å²) in [7, 11) is -4.70. The maximum Gasteiger partial charge on any atom is 0.413 e. The van der Waals surface area contributed by atoms with Gasteiger partial charge in [0, 0.05) is 23.8 Å². The van der Waals surface area contributed by atoms with E-state index in [0.717, 1.165) is 0 Å². The Balaban J connectivity index is 1.26. The molecule has 0 saturated carbocycles. The third-order valence-corrected chi connectivity index (χ3v) is 10.3. The van der Waals surface area contributed by atoms with Crippen molar-refractivity contribution in [2.24, 2.45) is 0 Å². The van der Waals surface area contributed by atoms with Crippen molar-refractivity contribution in [3.8, 4) is 5.75 Å². The van der Waals surface area contributed by atoms with E-state index in [4.69, 9.17) is 38.3 Å². The summed E-state index contributed by atoms with van der Waals surface area (Å²) < 4.78 is 70.3. The van der Waals surface area contributed by atoms with Gasteiger partial charge in [0.25, 0.3) is 0 Å². The fourth-order valence-corrected chi connectivity index (χ4v) is 8.07. The normalized spacial score (nSPS) is 20.8. The predicted octanol–water partition coefficient (Wildman–Crippen LogP) is 4.11. The van der Waals surface area contributed by atoms with Crippen LogP contribution >= 0.6 is 0 Å². The number of nitrogens with zero attached hydrogens (tertiary/aromatic N) is 4. The van der Waals surface area contributed by atoms with Crippen molar-refractivity contribution in [1.29, 1.82) is 0 Å². The first-order chi connectivity index (χ1) is 28.0. The van der Waals surface area contributed by atoms with Gasteiger partial charge in [0.05, 0.1) is 12.9 Å². The molecule has 2 saturated heterocycles. The van der Waals surface area contributed by atoms with E-state index in [0.29, 0.717) is 27.9 Å². The van der Waals surface area contributed by atoms with Gasteiger partial charge in [-0.1, -0.05) is 19.9 Å². The number of carbonyl (C=O) groups is 4. The third kappa shape index (κ3) is 12.1. The Morgan fingerprint density at radius 1 is 0.951 bits per heavy atom. The number of esters is 2. The molecule has 5 atom stereocenters. The van der Waals surface area contributed by atoms with Gasteiger partial charge in [-0.3, -0.25) is 18.3 Å². The van der Waals surface area contributed by atoms with Crippen LogP contribution in [0.2, 0.25) is 0 Å². The zero-order chi connectivity index (χ0) is 45.5. The van der Waals surface area contributed by atoms with E-state index in [2.05, 4.69) is 20.3 Å². The van der Waals surface area contributed by atoms with Crippen LogP contribution in [0.1, 0.15) is 111 Å². The Bertz CT molecular complexity index is 2260. The fourth-order valence-electron chi connectivity index (χ4n) is 7.35. The number of nitrogens with one attached hydrogen (secondary N) is 2. The molecule has 4 heterocycles. The summed E-state index contributed by atoms with van der Waals surface area (Å²) in [6.45, 7) is 19.9. The first kappa shape index (κ1) is 47.1. The van der Waals surface area contributed by atoms with Crippen LogP contribution in [0.5, 0.6) is 5.75 Å². The lowest BCUT2D eigenvalue weighted by molar-refractivity contribution is -0.198. The van der Waals surface area contributed by atoms with Crippen molar-refractivity contribution in [2.45, 2.75) is 155 Å². The molecule has 0 radical (unpaired) electrons. The molecule has 1 aromatic carbocycles. The van der Waals surface area contributed by atoms with Gasteiger partial charge < -0.3 is 39.5 Å². The number of aryl methyl sites for hydroxylation is 2. The number of fused-ring (bicyclic) bond motifs is 2. The highest BCUT2D eigenvalue weighted by molar-refractivity contribution is 7.85. The number of ether oxygens (including phenoxy) is 6. The number of imidazole rings is 1. The van der Waals surface area contributed by atoms with Crippen molar-refractivity contribution in [3.05, 3.63) is 41.5 Å². The Kier molecular flexibility index (Phi) is 13.5. The number of amides is 2. The first-order valence-electron chi connectivity index (χ1n) is 19.7. The molecule has 0 unspecified atom stereocenters. The van der Waals surface area contributed by atoms with Crippen LogP contribution in [-0.2, 0) is 58.0 Å². The molecule has 2 aromatic heterocycles. The first-order valence-corrected chi connectivity index (χ1v) is 21.1. The number of carbonyl (C=O) groups excluding carboxylic acids is 4. The number of nitrogens with two attached hydrogens (primary N) is 1. The number of rotatable bonds is 14. The van der Waals surface area contributed by atoms with E-state index in [1.54, 1.807) is 93.7 Å². The molecule has 20 nitrogen and oxygen atoms in total. The van der Waals surface area contributed by atoms with Crippen molar-refractivity contribution in [3.63, 3.8) is 0 Å². The molecule has 0 bridgehead atoms. The van der Waals surface area contributed by atoms with Crippen LogP contribution in [-0.4, -0.2) is 99.8 Å². The van der Waals surface area contributed by atoms with E-state index >= 15 is 0 Å². The zero-order valence-corrected chi connectivity index (χ0v) is 37.4. The second-order valence-electron chi connectivity index (χ2n) is 18.2. The summed E-state index contributed by atoms with van der Waals surface area (Å²) in [5.41, 5.74) is 5.66. The molecule has 0 aliphatic carbocycles. The molecule has 4 N–H and O–H groups in total. The maximum atomic E-state index is 13.4. The summed E-state index contributed by atoms with van der Waals surface area (Å²) in [6.07, 6.45) is -2.33. The van der Waals surface area contributed by atoms with E-state index in [1.807, 2.05) is 10.8 Å². The molecule has 2 fully saturated rings. The molecule has 336 valence electrons. The van der Waals surface area contributed by atoms with Crippen molar-refractivity contribution < 1.29 is 60.2 Å². The predicted molar refractivity (Wildman–Crippen MR) is 218 cm³/mol. The van der Waals surface area contributed by atoms with Crippen LogP contribution in [0.15, 0.2) is 24.8 Å². The zero-order valence-electron chi connectivity index (χ0n) is 36.6. The average Bonchev–Trinajstić information content (AvgIpc) is 3.74. The van der Waals surface area contributed by atoms with Crippen molar-refractivity contribution >= 4 is 51.2 Å². The molecule has 2 aliphatic heterocycles. The Morgan fingerprint density at radius 2 is 1.61 bits per heavy atom. The van der Waals surface area contributed by atoms with Gasteiger partial charge in [-0.15, -0.1) is 0 Å². The minimum Gasteiger partial charge on any atom is -0.460 e. The average molecular weight is 876 g/mol. The van der Waals surface area contributed by atoms with Gasteiger partial charge in [0.2, 0.25) is 5.91 Å². The smallest absolute Gasteiger partial charge is 0.413 e. The van der Waals surface area contributed by atoms with Gasteiger partial charge in [0.1, 0.15) is 53.1 Å². The summed E-state index contributed by atoms with van der Waals surface area (Å²) in [4.78, 5) is 65.0. The van der Waals surface area contributed by atoms with Crippen LogP contribution in [0.4, 0.5) is 10.6 Å². The molecular weight excluding hydrogens is 819 g/mol. The number of hydrogen-bond acceptors (Lipinski definition) is 17.